The fourth-order valence-electron chi connectivity index (χ4n) is 2.39. The molecule has 24 heavy (non-hydrogen) atoms. The van der Waals surface area contributed by atoms with Gasteiger partial charge in [-0.2, -0.15) is 0 Å². The van der Waals surface area contributed by atoms with Crippen LogP contribution in [0.5, 0.6) is 0 Å². The van der Waals surface area contributed by atoms with Crippen molar-refractivity contribution in [3.05, 3.63) is 82.9 Å². The van der Waals surface area contributed by atoms with Gasteiger partial charge in [0.2, 0.25) is 0 Å². The predicted octanol–water partition coefficient (Wildman–Crippen LogP) is 5.37. The second-order valence-corrected chi connectivity index (χ2v) is 6.34. The molecule has 0 spiro atoms. The van der Waals surface area contributed by atoms with Crippen LogP contribution in [0.15, 0.2) is 66.2 Å². The van der Waals surface area contributed by atoms with E-state index in [4.69, 9.17) is 16.3 Å². The number of hydrogen-bond acceptors (Lipinski definition) is 2. The average molecular weight is 343 g/mol. The van der Waals surface area contributed by atoms with Crippen LogP contribution in [0.25, 0.3) is 0 Å². The Morgan fingerprint density at radius 2 is 1.75 bits per heavy atom. The summed E-state index contributed by atoms with van der Waals surface area (Å²) < 4.78 is 5.45. The summed E-state index contributed by atoms with van der Waals surface area (Å²) in [6.07, 6.45) is 2.64. The summed E-state index contributed by atoms with van der Waals surface area (Å²) in [4.78, 5) is 12.2. The van der Waals surface area contributed by atoms with Gasteiger partial charge in [0.1, 0.15) is 6.61 Å². The monoisotopic (exact) mass is 342 g/mol. The molecule has 0 radical (unpaired) electrons. The van der Waals surface area contributed by atoms with Crippen molar-refractivity contribution >= 4 is 17.6 Å². The molecule has 0 saturated heterocycles. The number of halogens is 1. The largest absolute Gasteiger partial charge is 0.458 e. The molecular formula is C21H23ClO2. The van der Waals surface area contributed by atoms with Gasteiger partial charge in [-0.05, 0) is 41.2 Å². The Balaban J connectivity index is 1.96. The van der Waals surface area contributed by atoms with Gasteiger partial charge in [0, 0.05) is 5.88 Å². The summed E-state index contributed by atoms with van der Waals surface area (Å²) in [7, 11) is 0. The van der Waals surface area contributed by atoms with E-state index in [9.17, 15) is 4.79 Å². The molecule has 0 saturated carbocycles. The summed E-state index contributed by atoms with van der Waals surface area (Å²) in [5.41, 5.74) is 3.96. The first-order valence-corrected chi connectivity index (χ1v) is 8.68. The molecule has 3 heteroatoms. The molecule has 0 atom stereocenters. The SMILES string of the molecule is CC(C)c1ccc(C(=O)OC/C(=C/CCl)Cc2ccccc2)cc1. The third kappa shape index (κ3) is 5.54. The van der Waals surface area contributed by atoms with Crippen molar-refractivity contribution in [2.75, 3.05) is 12.5 Å². The number of ether oxygens (including phenoxy) is 1. The highest BCUT2D eigenvalue weighted by atomic mass is 35.5. The Labute approximate surface area is 149 Å². The Morgan fingerprint density at radius 3 is 2.33 bits per heavy atom. The number of esters is 1. The summed E-state index contributed by atoms with van der Waals surface area (Å²) in [6, 6.07) is 17.7. The van der Waals surface area contributed by atoms with Crippen LogP contribution in [0.3, 0.4) is 0 Å². The van der Waals surface area contributed by atoms with Crippen molar-refractivity contribution in [1.29, 1.82) is 0 Å². The van der Waals surface area contributed by atoms with Crippen LogP contribution in [0.4, 0.5) is 0 Å². The van der Waals surface area contributed by atoms with Crippen LogP contribution in [0.1, 0.15) is 41.3 Å². The van der Waals surface area contributed by atoms with E-state index < -0.39 is 0 Å². The van der Waals surface area contributed by atoms with E-state index >= 15 is 0 Å². The van der Waals surface area contributed by atoms with Gasteiger partial charge >= 0.3 is 5.97 Å². The molecule has 126 valence electrons. The van der Waals surface area contributed by atoms with Crippen LogP contribution in [0.2, 0.25) is 0 Å². The van der Waals surface area contributed by atoms with E-state index in [1.165, 1.54) is 11.1 Å². The Bertz CT molecular complexity index is 673. The number of benzene rings is 2. The molecule has 0 bridgehead atoms. The Hall–Kier alpha value is -2.06. The van der Waals surface area contributed by atoms with Crippen LogP contribution in [-0.2, 0) is 11.2 Å². The third-order valence-corrected chi connectivity index (χ3v) is 4.00. The van der Waals surface area contributed by atoms with Gasteiger partial charge in [-0.3, -0.25) is 0 Å². The normalized spacial score (nSPS) is 11.6. The molecule has 0 aromatic heterocycles. The minimum absolute atomic E-state index is 0.256. The molecule has 0 unspecified atom stereocenters. The summed E-state index contributed by atoms with van der Waals surface area (Å²) >= 11 is 5.82. The van der Waals surface area contributed by atoms with Crippen molar-refractivity contribution in [2.24, 2.45) is 0 Å². The van der Waals surface area contributed by atoms with Gasteiger partial charge in [0.25, 0.3) is 0 Å². The number of allylic oxidation sites excluding steroid dienone is 1. The lowest BCUT2D eigenvalue weighted by molar-refractivity contribution is 0.0538. The molecular weight excluding hydrogens is 320 g/mol. The lowest BCUT2D eigenvalue weighted by Gasteiger charge is -2.10. The van der Waals surface area contributed by atoms with E-state index in [2.05, 4.69) is 26.0 Å². The molecule has 2 aromatic carbocycles. The van der Waals surface area contributed by atoms with Gasteiger partial charge in [0.15, 0.2) is 0 Å². The highest BCUT2D eigenvalue weighted by Crippen LogP contribution is 2.16. The van der Waals surface area contributed by atoms with E-state index in [0.717, 1.165) is 12.0 Å². The van der Waals surface area contributed by atoms with Crippen LogP contribution >= 0.6 is 11.6 Å². The molecule has 0 aliphatic rings. The first kappa shape index (κ1) is 18.3. The van der Waals surface area contributed by atoms with Crippen molar-refractivity contribution < 1.29 is 9.53 Å². The molecule has 0 heterocycles. The van der Waals surface area contributed by atoms with Crippen molar-refractivity contribution in [2.45, 2.75) is 26.2 Å². The second kappa shape index (κ2) is 9.29. The highest BCUT2D eigenvalue weighted by molar-refractivity contribution is 6.18. The van der Waals surface area contributed by atoms with Gasteiger partial charge in [-0.25, -0.2) is 4.79 Å². The Morgan fingerprint density at radius 1 is 1.08 bits per heavy atom. The molecule has 0 N–H and O–H groups in total. The average Bonchev–Trinajstić information content (AvgIpc) is 2.60. The number of hydrogen-bond donors (Lipinski definition) is 0. The first-order valence-electron chi connectivity index (χ1n) is 8.15. The topological polar surface area (TPSA) is 26.3 Å². The van der Waals surface area contributed by atoms with Crippen LogP contribution in [-0.4, -0.2) is 18.5 Å². The summed E-state index contributed by atoms with van der Waals surface area (Å²) in [5.74, 6) is 0.543. The highest BCUT2D eigenvalue weighted by Gasteiger charge is 2.09. The molecule has 0 aliphatic heterocycles. The zero-order chi connectivity index (χ0) is 17.4. The molecule has 2 rings (SSSR count). The molecule has 0 fully saturated rings. The summed E-state index contributed by atoms with van der Waals surface area (Å²) in [6.45, 7) is 4.51. The van der Waals surface area contributed by atoms with Crippen molar-refractivity contribution in [1.82, 2.24) is 0 Å². The number of carbonyl (C=O) groups is 1. The lowest BCUT2D eigenvalue weighted by atomic mass is 10.0. The van der Waals surface area contributed by atoms with Gasteiger partial charge in [-0.15, -0.1) is 11.6 Å². The standard InChI is InChI=1S/C21H23ClO2/c1-16(2)19-8-10-20(11-9-19)21(23)24-15-18(12-13-22)14-17-6-4-3-5-7-17/h3-12,16H,13-15H2,1-2H3/b18-12+. The first-order chi connectivity index (χ1) is 11.6. The number of alkyl halides is 1. The van der Waals surface area contributed by atoms with E-state index in [0.29, 0.717) is 17.4 Å². The molecule has 0 aliphatic carbocycles. The third-order valence-electron chi connectivity index (χ3n) is 3.84. The maximum atomic E-state index is 12.2. The van der Waals surface area contributed by atoms with Crippen molar-refractivity contribution in [3.63, 3.8) is 0 Å². The maximum absolute atomic E-state index is 12.2. The lowest BCUT2D eigenvalue weighted by Crippen LogP contribution is -2.10. The zero-order valence-electron chi connectivity index (χ0n) is 14.2. The van der Waals surface area contributed by atoms with E-state index in [1.807, 2.05) is 48.5 Å². The minimum atomic E-state index is -0.307. The van der Waals surface area contributed by atoms with E-state index in [-0.39, 0.29) is 12.6 Å². The van der Waals surface area contributed by atoms with E-state index in [1.54, 1.807) is 0 Å². The van der Waals surface area contributed by atoms with Gasteiger partial charge < -0.3 is 4.74 Å². The zero-order valence-corrected chi connectivity index (χ0v) is 14.9. The molecule has 2 nitrogen and oxygen atoms in total. The minimum Gasteiger partial charge on any atom is -0.458 e. The van der Waals surface area contributed by atoms with Crippen LogP contribution < -0.4 is 0 Å². The number of rotatable bonds is 7. The van der Waals surface area contributed by atoms with Gasteiger partial charge in [0.05, 0.1) is 5.56 Å². The quantitative estimate of drug-likeness (QED) is 0.384. The molecule has 2 aromatic rings. The number of carbonyl (C=O) groups excluding carboxylic acids is 1. The molecule has 0 amide bonds. The van der Waals surface area contributed by atoms with Crippen LogP contribution in [0, 0.1) is 0 Å². The maximum Gasteiger partial charge on any atom is 0.338 e. The fourth-order valence-corrected chi connectivity index (χ4v) is 2.61. The van der Waals surface area contributed by atoms with Gasteiger partial charge in [-0.1, -0.05) is 62.4 Å². The smallest absolute Gasteiger partial charge is 0.338 e. The fraction of sp³-hybridized carbons (Fsp3) is 0.286. The summed E-state index contributed by atoms with van der Waals surface area (Å²) in [5, 5.41) is 0. The second-order valence-electron chi connectivity index (χ2n) is 6.03. The van der Waals surface area contributed by atoms with Crippen molar-refractivity contribution in [3.8, 4) is 0 Å². The Kier molecular flexibility index (Phi) is 7.07. The predicted molar refractivity (Wildman–Crippen MR) is 99.8 cm³/mol.